The predicted octanol–water partition coefficient (Wildman–Crippen LogP) is 2.76. The van der Waals surface area contributed by atoms with E-state index in [-0.39, 0.29) is 11.8 Å². The first-order valence-electron chi connectivity index (χ1n) is 7.75. The molecule has 1 aliphatic rings. The maximum Gasteiger partial charge on any atom is 0.251 e. The molecule has 0 unspecified atom stereocenters. The van der Waals surface area contributed by atoms with Gasteiger partial charge in [-0.05, 0) is 36.5 Å². The van der Waals surface area contributed by atoms with E-state index in [1.807, 2.05) is 25.1 Å². The van der Waals surface area contributed by atoms with Gasteiger partial charge in [0.05, 0.1) is 0 Å². The quantitative estimate of drug-likeness (QED) is 0.905. The number of nitrogens with zero attached hydrogens (tertiary/aromatic N) is 1. The summed E-state index contributed by atoms with van der Waals surface area (Å²) >= 11 is 0. The molecule has 0 saturated heterocycles. The summed E-state index contributed by atoms with van der Waals surface area (Å²) in [7, 11) is 0. The summed E-state index contributed by atoms with van der Waals surface area (Å²) in [5, 5.41) is 2.98. The van der Waals surface area contributed by atoms with E-state index in [4.69, 9.17) is 0 Å². The Kier molecular flexibility index (Phi) is 4.99. The lowest BCUT2D eigenvalue weighted by molar-refractivity contribution is -0.118. The third kappa shape index (κ3) is 3.43. The van der Waals surface area contributed by atoms with Crippen molar-refractivity contribution in [3.8, 4) is 0 Å². The van der Waals surface area contributed by atoms with Crippen LogP contribution >= 0.6 is 0 Å². The topological polar surface area (TPSA) is 49.4 Å². The van der Waals surface area contributed by atoms with Gasteiger partial charge >= 0.3 is 0 Å². The van der Waals surface area contributed by atoms with Crippen molar-refractivity contribution in [3.63, 3.8) is 0 Å². The lowest BCUT2D eigenvalue weighted by atomic mass is 10.0. The van der Waals surface area contributed by atoms with E-state index in [0.717, 1.165) is 24.1 Å². The van der Waals surface area contributed by atoms with Gasteiger partial charge in [0.15, 0.2) is 0 Å². The maximum absolute atomic E-state index is 12.3. The van der Waals surface area contributed by atoms with Crippen LogP contribution in [0.25, 0.3) is 0 Å². The van der Waals surface area contributed by atoms with Crippen molar-refractivity contribution in [1.29, 1.82) is 0 Å². The van der Waals surface area contributed by atoms with Crippen LogP contribution in [0.4, 0.5) is 5.69 Å². The van der Waals surface area contributed by atoms with Gasteiger partial charge in [0.1, 0.15) is 0 Å². The molecule has 0 saturated carbocycles. The standard InChI is InChI=1S/C17H24N2O2/c1-4-16(20)19-11-9-13-14(6-5-7-15(13)19)17(21)18-10-8-12(2)3/h5-7,12H,4,8-11H2,1-3H3,(H,18,21). The summed E-state index contributed by atoms with van der Waals surface area (Å²) < 4.78 is 0. The van der Waals surface area contributed by atoms with E-state index in [9.17, 15) is 9.59 Å². The molecular formula is C17H24N2O2. The van der Waals surface area contributed by atoms with Gasteiger partial charge in [0.2, 0.25) is 5.91 Å². The van der Waals surface area contributed by atoms with E-state index in [0.29, 0.717) is 31.0 Å². The van der Waals surface area contributed by atoms with Crippen LogP contribution in [0.15, 0.2) is 18.2 Å². The molecule has 0 aromatic heterocycles. The molecule has 1 heterocycles. The molecule has 4 nitrogen and oxygen atoms in total. The molecular weight excluding hydrogens is 264 g/mol. The Balaban J connectivity index is 2.14. The van der Waals surface area contributed by atoms with Crippen molar-refractivity contribution in [1.82, 2.24) is 5.32 Å². The molecule has 0 radical (unpaired) electrons. The molecule has 1 aromatic carbocycles. The Bertz CT molecular complexity index is 538. The van der Waals surface area contributed by atoms with Crippen LogP contribution in [0, 0.1) is 5.92 Å². The Morgan fingerprint density at radius 1 is 1.33 bits per heavy atom. The first-order chi connectivity index (χ1) is 10.0. The van der Waals surface area contributed by atoms with E-state index in [1.165, 1.54) is 0 Å². The number of hydrogen-bond acceptors (Lipinski definition) is 2. The Morgan fingerprint density at radius 3 is 2.76 bits per heavy atom. The largest absolute Gasteiger partial charge is 0.352 e. The van der Waals surface area contributed by atoms with Crippen molar-refractivity contribution in [3.05, 3.63) is 29.3 Å². The van der Waals surface area contributed by atoms with Crippen LogP contribution in [-0.2, 0) is 11.2 Å². The lowest BCUT2D eigenvalue weighted by Gasteiger charge is -2.17. The lowest BCUT2D eigenvalue weighted by Crippen LogP contribution is -2.28. The molecule has 1 aromatic rings. The van der Waals surface area contributed by atoms with Crippen LogP contribution in [0.3, 0.4) is 0 Å². The zero-order valence-corrected chi connectivity index (χ0v) is 13.1. The molecule has 1 N–H and O–H groups in total. The van der Waals surface area contributed by atoms with Crippen molar-refractivity contribution in [2.75, 3.05) is 18.0 Å². The number of carbonyl (C=O) groups is 2. The molecule has 0 atom stereocenters. The average Bonchev–Trinajstić information content (AvgIpc) is 2.89. The molecule has 2 rings (SSSR count). The van der Waals surface area contributed by atoms with Crippen molar-refractivity contribution in [2.45, 2.75) is 40.0 Å². The number of amides is 2. The van der Waals surface area contributed by atoms with E-state index in [2.05, 4.69) is 19.2 Å². The third-order valence-electron chi connectivity index (χ3n) is 3.88. The summed E-state index contributed by atoms with van der Waals surface area (Å²) in [5.74, 6) is 0.661. The maximum atomic E-state index is 12.3. The van der Waals surface area contributed by atoms with Gasteiger partial charge in [-0.1, -0.05) is 26.8 Å². The van der Waals surface area contributed by atoms with Gasteiger partial charge in [-0.2, -0.15) is 0 Å². The highest BCUT2D eigenvalue weighted by Gasteiger charge is 2.27. The summed E-state index contributed by atoms with van der Waals surface area (Å²) in [6.07, 6.45) is 2.22. The molecule has 0 aliphatic carbocycles. The summed E-state index contributed by atoms with van der Waals surface area (Å²) in [5.41, 5.74) is 2.61. The normalized spacial score (nSPS) is 13.4. The number of rotatable bonds is 5. The fraction of sp³-hybridized carbons (Fsp3) is 0.529. The molecule has 4 heteroatoms. The summed E-state index contributed by atoms with van der Waals surface area (Å²) in [6, 6.07) is 5.64. The van der Waals surface area contributed by atoms with Crippen LogP contribution in [0.2, 0.25) is 0 Å². The smallest absolute Gasteiger partial charge is 0.251 e. The van der Waals surface area contributed by atoms with Crippen LogP contribution in [0.1, 0.15) is 49.5 Å². The number of carbonyl (C=O) groups excluding carboxylic acids is 2. The fourth-order valence-electron chi connectivity index (χ4n) is 2.67. The fourth-order valence-corrected chi connectivity index (χ4v) is 2.67. The molecule has 21 heavy (non-hydrogen) atoms. The molecule has 2 amide bonds. The average molecular weight is 288 g/mol. The SMILES string of the molecule is CCC(=O)N1CCc2c(C(=O)NCCC(C)C)cccc21. The third-order valence-corrected chi connectivity index (χ3v) is 3.88. The van der Waals surface area contributed by atoms with Crippen LogP contribution < -0.4 is 10.2 Å². The minimum atomic E-state index is -0.0294. The minimum absolute atomic E-state index is 0.0294. The Labute approximate surface area is 126 Å². The zero-order valence-electron chi connectivity index (χ0n) is 13.1. The molecule has 0 bridgehead atoms. The number of anilines is 1. The van der Waals surface area contributed by atoms with Gasteiger partial charge in [-0.15, -0.1) is 0 Å². The van der Waals surface area contributed by atoms with Crippen LogP contribution in [-0.4, -0.2) is 24.9 Å². The van der Waals surface area contributed by atoms with Gasteiger partial charge in [0.25, 0.3) is 5.91 Å². The predicted molar refractivity (Wildman–Crippen MR) is 84.6 cm³/mol. The number of hydrogen-bond donors (Lipinski definition) is 1. The van der Waals surface area contributed by atoms with Gasteiger partial charge in [-0.25, -0.2) is 0 Å². The molecule has 0 spiro atoms. The van der Waals surface area contributed by atoms with Crippen molar-refractivity contribution < 1.29 is 9.59 Å². The molecule has 114 valence electrons. The van der Waals surface area contributed by atoms with Gasteiger partial charge in [0, 0.05) is 30.8 Å². The van der Waals surface area contributed by atoms with Gasteiger partial charge in [-0.3, -0.25) is 9.59 Å². The highest BCUT2D eigenvalue weighted by Crippen LogP contribution is 2.31. The number of benzene rings is 1. The second kappa shape index (κ2) is 6.74. The van der Waals surface area contributed by atoms with Crippen molar-refractivity contribution in [2.24, 2.45) is 5.92 Å². The van der Waals surface area contributed by atoms with E-state index in [1.54, 1.807) is 4.90 Å². The first-order valence-corrected chi connectivity index (χ1v) is 7.75. The highest BCUT2D eigenvalue weighted by atomic mass is 16.2. The highest BCUT2D eigenvalue weighted by molar-refractivity contribution is 6.01. The number of nitrogens with one attached hydrogen (secondary N) is 1. The minimum Gasteiger partial charge on any atom is -0.352 e. The molecule has 1 aliphatic heterocycles. The van der Waals surface area contributed by atoms with Crippen molar-refractivity contribution >= 4 is 17.5 Å². The Morgan fingerprint density at radius 2 is 2.10 bits per heavy atom. The van der Waals surface area contributed by atoms with Gasteiger partial charge < -0.3 is 10.2 Å². The number of fused-ring (bicyclic) bond motifs is 1. The zero-order chi connectivity index (χ0) is 15.4. The monoisotopic (exact) mass is 288 g/mol. The Hall–Kier alpha value is -1.84. The van der Waals surface area contributed by atoms with Crippen LogP contribution in [0.5, 0.6) is 0 Å². The van der Waals surface area contributed by atoms with E-state index >= 15 is 0 Å². The molecule has 0 fully saturated rings. The van der Waals surface area contributed by atoms with E-state index < -0.39 is 0 Å². The second-order valence-electron chi connectivity index (χ2n) is 5.89. The first kappa shape index (κ1) is 15.5. The summed E-state index contributed by atoms with van der Waals surface area (Å²) in [6.45, 7) is 7.51. The second-order valence-corrected chi connectivity index (χ2v) is 5.89. The summed E-state index contributed by atoms with van der Waals surface area (Å²) in [4.78, 5) is 26.0.